The molecular formula is C14H14BrNO3. The van der Waals surface area contributed by atoms with Gasteiger partial charge in [0.1, 0.15) is 12.4 Å². The molecule has 1 N–H and O–H groups in total. The predicted octanol–water partition coefficient (Wildman–Crippen LogP) is 1.82. The monoisotopic (exact) mass is 323 g/mol. The molecule has 0 atom stereocenters. The smallest absolute Gasteiger partial charge is 0.253 e. The van der Waals surface area contributed by atoms with Gasteiger partial charge in [-0.3, -0.25) is 4.79 Å². The van der Waals surface area contributed by atoms with Crippen LogP contribution < -0.4 is 4.74 Å². The zero-order chi connectivity index (χ0) is 13.6. The van der Waals surface area contributed by atoms with Crippen LogP contribution in [0.2, 0.25) is 0 Å². The van der Waals surface area contributed by atoms with Gasteiger partial charge in [0.2, 0.25) is 0 Å². The van der Waals surface area contributed by atoms with Gasteiger partial charge in [0.05, 0.1) is 24.3 Å². The van der Waals surface area contributed by atoms with E-state index in [4.69, 9.17) is 4.74 Å². The van der Waals surface area contributed by atoms with E-state index in [-0.39, 0.29) is 12.5 Å². The van der Waals surface area contributed by atoms with Gasteiger partial charge in [0, 0.05) is 10.0 Å². The predicted molar refractivity (Wildman–Crippen MR) is 74.8 cm³/mol. The van der Waals surface area contributed by atoms with Crippen LogP contribution in [0.5, 0.6) is 5.75 Å². The maximum Gasteiger partial charge on any atom is 0.253 e. The molecule has 0 bridgehead atoms. The number of hydrogen-bond donors (Lipinski definition) is 1. The van der Waals surface area contributed by atoms with Crippen molar-refractivity contribution in [3.63, 3.8) is 0 Å². The summed E-state index contributed by atoms with van der Waals surface area (Å²) in [5.41, 5.74) is 0.782. The molecule has 3 rings (SSSR count). The maximum atomic E-state index is 12.2. The summed E-state index contributed by atoms with van der Waals surface area (Å²) < 4.78 is 6.53. The number of halogens is 1. The molecule has 2 heterocycles. The number of carbonyl (C=O) groups is 1. The summed E-state index contributed by atoms with van der Waals surface area (Å²) in [6.45, 7) is 2.78. The zero-order valence-corrected chi connectivity index (χ0v) is 12.1. The van der Waals surface area contributed by atoms with Crippen LogP contribution >= 0.6 is 15.9 Å². The highest BCUT2D eigenvalue weighted by Gasteiger charge is 2.40. The molecular weight excluding hydrogens is 310 g/mol. The molecule has 0 aliphatic carbocycles. The van der Waals surface area contributed by atoms with E-state index in [1.807, 2.05) is 24.3 Å². The highest BCUT2D eigenvalue weighted by molar-refractivity contribution is 9.10. The van der Waals surface area contributed by atoms with Gasteiger partial charge in [-0.2, -0.15) is 0 Å². The van der Waals surface area contributed by atoms with E-state index in [9.17, 15) is 9.90 Å². The van der Waals surface area contributed by atoms with Crippen molar-refractivity contribution in [3.8, 4) is 5.75 Å². The lowest BCUT2D eigenvalue weighted by atomic mass is 9.95. The number of likely N-dealkylation sites (tertiary alicyclic amines) is 1. The third-order valence-electron chi connectivity index (χ3n) is 3.31. The Morgan fingerprint density at radius 1 is 1.47 bits per heavy atom. The third-order valence-corrected chi connectivity index (χ3v) is 3.80. The minimum atomic E-state index is -0.743. The normalized spacial score (nSPS) is 19.9. The zero-order valence-electron chi connectivity index (χ0n) is 10.5. The number of nitrogens with zero attached hydrogens (tertiary/aromatic N) is 1. The summed E-state index contributed by atoms with van der Waals surface area (Å²) >= 11 is 3.40. The van der Waals surface area contributed by atoms with Crippen molar-refractivity contribution in [1.29, 1.82) is 0 Å². The van der Waals surface area contributed by atoms with E-state index in [0.717, 1.165) is 15.8 Å². The van der Waals surface area contributed by atoms with Gasteiger partial charge in [-0.05, 0) is 31.2 Å². The average molecular weight is 324 g/mol. The van der Waals surface area contributed by atoms with Gasteiger partial charge < -0.3 is 14.7 Å². The second-order valence-electron chi connectivity index (χ2n) is 5.30. The maximum absolute atomic E-state index is 12.2. The minimum absolute atomic E-state index is 0.0582. The molecule has 19 heavy (non-hydrogen) atoms. The summed E-state index contributed by atoms with van der Waals surface area (Å²) in [6.07, 6.45) is 1.86. The molecule has 2 aliphatic rings. The van der Waals surface area contributed by atoms with Gasteiger partial charge in [-0.1, -0.05) is 15.9 Å². The van der Waals surface area contributed by atoms with E-state index in [1.54, 1.807) is 11.8 Å². The van der Waals surface area contributed by atoms with Gasteiger partial charge in [-0.15, -0.1) is 0 Å². The molecule has 1 saturated heterocycles. The van der Waals surface area contributed by atoms with Crippen molar-refractivity contribution in [2.24, 2.45) is 0 Å². The quantitative estimate of drug-likeness (QED) is 0.857. The molecule has 1 aromatic rings. The topological polar surface area (TPSA) is 49.8 Å². The molecule has 0 saturated carbocycles. The second-order valence-corrected chi connectivity index (χ2v) is 6.21. The van der Waals surface area contributed by atoms with Crippen LogP contribution in [-0.4, -0.2) is 41.2 Å². The molecule has 1 amide bonds. The molecule has 5 heteroatoms. The van der Waals surface area contributed by atoms with Crippen molar-refractivity contribution in [3.05, 3.63) is 33.8 Å². The van der Waals surface area contributed by atoms with Crippen molar-refractivity contribution >= 4 is 27.9 Å². The molecule has 4 nitrogen and oxygen atoms in total. The van der Waals surface area contributed by atoms with Crippen LogP contribution in [0.4, 0.5) is 0 Å². The minimum Gasteiger partial charge on any atom is -0.488 e. The average Bonchev–Trinajstić information content (AvgIpc) is 2.34. The van der Waals surface area contributed by atoms with Crippen LogP contribution in [-0.2, 0) is 4.79 Å². The van der Waals surface area contributed by atoms with E-state index >= 15 is 0 Å². The Labute approximate surface area is 119 Å². The van der Waals surface area contributed by atoms with Crippen LogP contribution in [0.25, 0.3) is 6.08 Å². The molecule has 100 valence electrons. The number of carbonyl (C=O) groups excluding carboxylic acids is 1. The van der Waals surface area contributed by atoms with E-state index in [2.05, 4.69) is 15.9 Å². The molecule has 0 spiro atoms. The van der Waals surface area contributed by atoms with Crippen molar-refractivity contribution in [1.82, 2.24) is 4.90 Å². The highest BCUT2D eigenvalue weighted by Crippen LogP contribution is 2.31. The number of ether oxygens (including phenoxy) is 1. The lowest BCUT2D eigenvalue weighted by Gasteiger charge is -2.44. The molecule has 0 unspecified atom stereocenters. The molecule has 1 fully saturated rings. The van der Waals surface area contributed by atoms with Crippen LogP contribution in [0.15, 0.2) is 28.2 Å². The van der Waals surface area contributed by atoms with Crippen LogP contribution in [0.3, 0.4) is 0 Å². The number of rotatable bonds is 1. The van der Waals surface area contributed by atoms with Gasteiger partial charge in [0.15, 0.2) is 0 Å². The number of hydrogen-bond acceptors (Lipinski definition) is 3. The van der Waals surface area contributed by atoms with E-state index in [0.29, 0.717) is 18.7 Å². The molecule has 0 aromatic heterocycles. The van der Waals surface area contributed by atoms with Crippen LogP contribution in [0.1, 0.15) is 12.5 Å². The number of β-amino-alcohol motifs (C(OH)–C–C–N with tert-alkyl or cyclic N) is 1. The fraction of sp³-hybridized carbons (Fsp3) is 0.357. The molecule has 1 aromatic carbocycles. The van der Waals surface area contributed by atoms with Crippen molar-refractivity contribution in [2.45, 2.75) is 12.5 Å². The lowest BCUT2D eigenvalue weighted by Crippen LogP contribution is -2.62. The third kappa shape index (κ3) is 2.40. The number of aliphatic hydroxyl groups is 1. The number of benzene rings is 1. The first kappa shape index (κ1) is 12.7. The lowest BCUT2D eigenvalue weighted by molar-refractivity contribution is -0.148. The number of fused-ring (bicyclic) bond motifs is 1. The summed E-state index contributed by atoms with van der Waals surface area (Å²) in [7, 11) is 0. The second kappa shape index (κ2) is 4.35. The molecule has 2 aliphatic heterocycles. The Morgan fingerprint density at radius 3 is 2.89 bits per heavy atom. The first-order valence-electron chi connectivity index (χ1n) is 6.09. The first-order valence-corrected chi connectivity index (χ1v) is 6.88. The Bertz CT molecular complexity index is 572. The fourth-order valence-corrected chi connectivity index (χ4v) is 2.77. The highest BCUT2D eigenvalue weighted by atomic mass is 79.9. The van der Waals surface area contributed by atoms with E-state index in [1.165, 1.54) is 0 Å². The van der Waals surface area contributed by atoms with E-state index < -0.39 is 5.60 Å². The molecule has 0 radical (unpaired) electrons. The van der Waals surface area contributed by atoms with Crippen molar-refractivity contribution in [2.75, 3.05) is 19.7 Å². The fourth-order valence-electron chi connectivity index (χ4n) is 2.39. The summed E-state index contributed by atoms with van der Waals surface area (Å²) in [5.74, 6) is 0.729. The first-order chi connectivity index (χ1) is 8.94. The Kier molecular flexibility index (Phi) is 2.91. The Morgan fingerprint density at radius 2 is 2.21 bits per heavy atom. The SMILES string of the molecule is CC1(O)CN(C(=O)C2=Cc3cc(Br)ccc3OC2)C1. The largest absolute Gasteiger partial charge is 0.488 e. The van der Waals surface area contributed by atoms with Crippen LogP contribution in [0, 0.1) is 0 Å². The summed E-state index contributed by atoms with van der Waals surface area (Å²) in [5, 5.41) is 9.67. The van der Waals surface area contributed by atoms with Gasteiger partial charge >= 0.3 is 0 Å². The summed E-state index contributed by atoms with van der Waals surface area (Å²) in [4.78, 5) is 13.9. The summed E-state index contributed by atoms with van der Waals surface area (Å²) in [6, 6.07) is 5.71. The Balaban J connectivity index is 1.81. The van der Waals surface area contributed by atoms with Gasteiger partial charge in [0.25, 0.3) is 5.91 Å². The Hall–Kier alpha value is -1.33. The standard InChI is InChI=1S/C14H14BrNO3/c1-14(18)7-16(8-14)13(17)10-4-9-5-11(15)2-3-12(9)19-6-10/h2-5,18H,6-8H2,1H3. The van der Waals surface area contributed by atoms with Gasteiger partial charge in [-0.25, -0.2) is 0 Å². The van der Waals surface area contributed by atoms with Crippen molar-refractivity contribution < 1.29 is 14.6 Å². The number of amides is 1.